The van der Waals surface area contributed by atoms with Crippen molar-refractivity contribution in [1.29, 1.82) is 0 Å². The van der Waals surface area contributed by atoms with Gasteiger partial charge in [0.1, 0.15) is 0 Å². The van der Waals surface area contributed by atoms with Gasteiger partial charge in [-0.05, 0) is 12.1 Å². The van der Waals surface area contributed by atoms with E-state index in [2.05, 4.69) is 0 Å². The number of anilines is 1. The Morgan fingerprint density at radius 3 is 2.29 bits per heavy atom. The molecule has 0 radical (unpaired) electrons. The van der Waals surface area contributed by atoms with E-state index < -0.39 is 16.0 Å². The third-order valence-electron chi connectivity index (χ3n) is 2.11. The summed E-state index contributed by atoms with van der Waals surface area (Å²) in [7, 11) is -2.42. The van der Waals surface area contributed by atoms with Crippen LogP contribution in [0, 0.1) is 0 Å². The molecular formula is C9H9Cl2NO4S. The van der Waals surface area contributed by atoms with Crippen LogP contribution < -0.4 is 4.31 Å². The molecule has 0 aromatic heterocycles. The van der Waals surface area contributed by atoms with E-state index in [4.69, 9.17) is 28.3 Å². The molecular weight excluding hydrogens is 289 g/mol. The number of carboxylic acid groups (broad SMARTS) is 1. The predicted octanol–water partition coefficient (Wildman–Crippen LogP) is 2.09. The minimum absolute atomic E-state index is 0.0853. The second-order valence-electron chi connectivity index (χ2n) is 3.29. The first kappa shape index (κ1) is 14.1. The Kier molecular flexibility index (Phi) is 3.91. The summed E-state index contributed by atoms with van der Waals surface area (Å²) in [5, 5.41) is 8.95. The summed E-state index contributed by atoms with van der Waals surface area (Å²) in [6.45, 7) is 0. The number of halogens is 2. The highest BCUT2D eigenvalue weighted by Gasteiger charge is 2.23. The highest BCUT2D eigenvalue weighted by atomic mass is 35.5. The first-order chi connectivity index (χ1) is 7.66. The van der Waals surface area contributed by atoms with Crippen LogP contribution in [0.25, 0.3) is 0 Å². The topological polar surface area (TPSA) is 74.7 Å². The summed E-state index contributed by atoms with van der Waals surface area (Å²) in [6.07, 6.45) is 0.940. The van der Waals surface area contributed by atoms with Crippen LogP contribution in [0.1, 0.15) is 10.4 Å². The van der Waals surface area contributed by atoms with Crippen molar-refractivity contribution in [2.45, 2.75) is 0 Å². The molecule has 0 heterocycles. The highest BCUT2D eigenvalue weighted by Crippen LogP contribution is 2.36. The van der Waals surface area contributed by atoms with E-state index in [0.29, 0.717) is 0 Å². The Balaban J connectivity index is 3.60. The maximum Gasteiger partial charge on any atom is 0.337 e. The summed E-state index contributed by atoms with van der Waals surface area (Å²) < 4.78 is 23.6. The van der Waals surface area contributed by atoms with Gasteiger partial charge in [0.2, 0.25) is 10.0 Å². The largest absolute Gasteiger partial charge is 0.478 e. The normalized spacial score (nSPS) is 11.3. The smallest absolute Gasteiger partial charge is 0.337 e. The molecule has 0 aliphatic rings. The van der Waals surface area contributed by atoms with Crippen LogP contribution in [0.15, 0.2) is 12.1 Å². The molecule has 0 atom stereocenters. The zero-order chi connectivity index (χ0) is 13.4. The van der Waals surface area contributed by atoms with Gasteiger partial charge in [-0.2, -0.15) is 0 Å². The molecule has 0 saturated heterocycles. The minimum Gasteiger partial charge on any atom is -0.478 e. The lowest BCUT2D eigenvalue weighted by molar-refractivity contribution is 0.0698. The van der Waals surface area contributed by atoms with E-state index in [1.165, 1.54) is 19.2 Å². The van der Waals surface area contributed by atoms with Crippen molar-refractivity contribution < 1.29 is 18.3 Å². The number of aromatic carboxylic acids is 1. The number of nitrogens with zero attached hydrogens (tertiary/aromatic N) is 1. The average Bonchev–Trinajstić information content (AvgIpc) is 2.19. The van der Waals surface area contributed by atoms with Gasteiger partial charge in [0.25, 0.3) is 0 Å². The molecule has 0 amide bonds. The number of carbonyl (C=O) groups is 1. The van der Waals surface area contributed by atoms with Gasteiger partial charge in [-0.15, -0.1) is 0 Å². The van der Waals surface area contributed by atoms with Crippen molar-refractivity contribution in [3.8, 4) is 0 Å². The van der Waals surface area contributed by atoms with Crippen molar-refractivity contribution >= 4 is 44.9 Å². The lowest BCUT2D eigenvalue weighted by Gasteiger charge is -2.20. The van der Waals surface area contributed by atoms with Gasteiger partial charge in [-0.25, -0.2) is 13.2 Å². The van der Waals surface area contributed by atoms with Gasteiger partial charge in [0.15, 0.2) is 0 Å². The molecule has 5 nitrogen and oxygen atoms in total. The fourth-order valence-corrected chi connectivity index (χ4v) is 2.20. The zero-order valence-corrected chi connectivity index (χ0v) is 11.3. The molecule has 17 heavy (non-hydrogen) atoms. The van der Waals surface area contributed by atoms with Crippen molar-refractivity contribution in [2.75, 3.05) is 17.6 Å². The van der Waals surface area contributed by atoms with Crippen molar-refractivity contribution in [3.63, 3.8) is 0 Å². The molecule has 94 valence electrons. The Bertz CT molecular complexity index is 571. The van der Waals surface area contributed by atoms with Crippen LogP contribution >= 0.6 is 23.2 Å². The van der Waals surface area contributed by atoms with Crippen LogP contribution in [0.3, 0.4) is 0 Å². The molecule has 1 N–H and O–H groups in total. The molecule has 8 heteroatoms. The number of hydrogen-bond acceptors (Lipinski definition) is 3. The molecule has 0 fully saturated rings. The predicted molar refractivity (Wildman–Crippen MR) is 66.7 cm³/mol. The zero-order valence-electron chi connectivity index (χ0n) is 8.94. The van der Waals surface area contributed by atoms with Gasteiger partial charge < -0.3 is 5.11 Å². The first-order valence-corrected chi connectivity index (χ1v) is 6.92. The molecule has 1 aromatic rings. The highest BCUT2D eigenvalue weighted by molar-refractivity contribution is 7.92. The quantitative estimate of drug-likeness (QED) is 0.927. The standard InChI is InChI=1S/C9H9Cl2NO4S/c1-12(17(2,15)16)8-5(9(13)14)3-4-6(10)7(8)11/h3-4H,1-2H3,(H,13,14). The molecule has 1 rings (SSSR count). The monoisotopic (exact) mass is 297 g/mol. The Morgan fingerprint density at radius 2 is 1.88 bits per heavy atom. The maximum atomic E-state index is 11.4. The second-order valence-corrected chi connectivity index (χ2v) is 6.09. The SMILES string of the molecule is CN(c1c(C(=O)O)ccc(Cl)c1Cl)S(C)(=O)=O. The lowest BCUT2D eigenvalue weighted by Crippen LogP contribution is -2.27. The third-order valence-corrected chi connectivity index (χ3v) is 4.08. The lowest BCUT2D eigenvalue weighted by atomic mass is 10.2. The molecule has 0 aliphatic carbocycles. The Morgan fingerprint density at radius 1 is 1.35 bits per heavy atom. The van der Waals surface area contributed by atoms with Crippen molar-refractivity contribution in [1.82, 2.24) is 0 Å². The second kappa shape index (κ2) is 4.72. The van der Waals surface area contributed by atoms with Gasteiger partial charge in [0, 0.05) is 7.05 Å². The summed E-state index contributed by atoms with van der Waals surface area (Å²) in [5.41, 5.74) is -0.374. The van der Waals surface area contributed by atoms with Gasteiger partial charge in [-0.3, -0.25) is 4.31 Å². The number of hydrogen-bond donors (Lipinski definition) is 1. The Hall–Kier alpha value is -0.980. The van der Waals surface area contributed by atoms with Crippen LogP contribution in [0.4, 0.5) is 5.69 Å². The van der Waals surface area contributed by atoms with Gasteiger partial charge >= 0.3 is 5.97 Å². The molecule has 0 saturated carbocycles. The van der Waals surface area contributed by atoms with Crippen LogP contribution in [-0.2, 0) is 10.0 Å². The number of rotatable bonds is 3. The van der Waals surface area contributed by atoms with E-state index in [9.17, 15) is 13.2 Å². The summed E-state index contributed by atoms with van der Waals surface area (Å²) in [5.74, 6) is -1.28. The number of sulfonamides is 1. The number of carboxylic acids is 1. The number of benzene rings is 1. The van der Waals surface area contributed by atoms with E-state index in [1.54, 1.807) is 0 Å². The van der Waals surface area contributed by atoms with E-state index in [0.717, 1.165) is 10.6 Å². The summed E-state index contributed by atoms with van der Waals surface area (Å²) in [6, 6.07) is 2.50. The minimum atomic E-state index is -3.62. The molecule has 0 aliphatic heterocycles. The van der Waals surface area contributed by atoms with Crippen LogP contribution in [0.5, 0.6) is 0 Å². The average molecular weight is 298 g/mol. The summed E-state index contributed by atoms with van der Waals surface area (Å²) >= 11 is 11.6. The summed E-state index contributed by atoms with van der Waals surface area (Å²) in [4.78, 5) is 11.0. The van der Waals surface area contributed by atoms with Crippen LogP contribution in [-0.4, -0.2) is 32.8 Å². The molecule has 0 bridgehead atoms. The maximum absolute atomic E-state index is 11.4. The fourth-order valence-electron chi connectivity index (χ4n) is 1.19. The van der Waals surface area contributed by atoms with Crippen LogP contribution in [0.2, 0.25) is 10.0 Å². The molecule has 1 aromatic carbocycles. The third kappa shape index (κ3) is 2.83. The molecule has 0 unspecified atom stereocenters. The van der Waals surface area contributed by atoms with Gasteiger partial charge in [0.05, 0.1) is 27.6 Å². The van der Waals surface area contributed by atoms with E-state index in [-0.39, 0.29) is 21.3 Å². The van der Waals surface area contributed by atoms with E-state index >= 15 is 0 Å². The van der Waals surface area contributed by atoms with Crippen molar-refractivity contribution in [2.24, 2.45) is 0 Å². The molecule has 0 spiro atoms. The van der Waals surface area contributed by atoms with Crippen molar-refractivity contribution in [3.05, 3.63) is 27.7 Å². The van der Waals surface area contributed by atoms with Gasteiger partial charge in [-0.1, -0.05) is 23.2 Å². The first-order valence-electron chi connectivity index (χ1n) is 4.31. The van der Waals surface area contributed by atoms with E-state index in [1.807, 2.05) is 0 Å². The fraction of sp³-hybridized carbons (Fsp3) is 0.222. The Labute approximate surface area is 109 Å².